The van der Waals surface area contributed by atoms with Crippen LogP contribution in [0.3, 0.4) is 0 Å². The van der Waals surface area contributed by atoms with Crippen molar-refractivity contribution >= 4 is 17.7 Å². The van der Waals surface area contributed by atoms with Gasteiger partial charge in [-0.3, -0.25) is 14.4 Å². The second kappa shape index (κ2) is 14.7. The SMILES string of the molecule is CNCCn1c(C[C@@]23CC[C@]4(C)[C@H](CC[C@@H]5[C@@]6(C)CC[C@H](OC(=O)CC(C)(C)C(=O)O)C(C)(C)[C@@H]6CC[C@]54C)C2=C(C(C)C)C(=O)C3)nnc1-c1ccc(C#N)cc1. The number of carboxylic acids is 1. The van der Waals surface area contributed by atoms with Crippen molar-refractivity contribution in [3.05, 3.63) is 46.8 Å². The van der Waals surface area contributed by atoms with Crippen LogP contribution in [0.15, 0.2) is 35.4 Å². The van der Waals surface area contributed by atoms with Crippen LogP contribution in [0.5, 0.6) is 0 Å². The molecule has 8 atom stereocenters. The van der Waals surface area contributed by atoms with E-state index in [1.165, 1.54) is 5.57 Å². The van der Waals surface area contributed by atoms with Crippen molar-refractivity contribution in [2.45, 2.75) is 146 Å². The predicted molar refractivity (Wildman–Crippen MR) is 223 cm³/mol. The zero-order chi connectivity index (χ0) is 42.2. The summed E-state index contributed by atoms with van der Waals surface area (Å²) in [7, 11) is 1.95. The third kappa shape index (κ3) is 6.48. The molecule has 4 fully saturated rings. The highest BCUT2D eigenvalue weighted by Gasteiger charge is 2.70. The molecule has 0 bridgehead atoms. The molecule has 5 aliphatic carbocycles. The maximum absolute atomic E-state index is 14.4. The maximum atomic E-state index is 14.4. The van der Waals surface area contributed by atoms with E-state index in [1.54, 1.807) is 13.8 Å². The molecule has 58 heavy (non-hydrogen) atoms. The molecule has 5 aliphatic rings. The fourth-order valence-corrected chi connectivity index (χ4v) is 13.9. The van der Waals surface area contributed by atoms with Gasteiger partial charge in [0.1, 0.15) is 11.9 Å². The first-order chi connectivity index (χ1) is 27.2. The molecule has 0 amide bonds. The smallest absolute Gasteiger partial charge is 0.309 e. The number of hydrogen-bond donors (Lipinski definition) is 2. The molecule has 0 unspecified atom stereocenters. The molecule has 2 aromatic rings. The molecular weight excluding hydrogens is 727 g/mol. The van der Waals surface area contributed by atoms with E-state index in [0.29, 0.717) is 48.5 Å². The summed E-state index contributed by atoms with van der Waals surface area (Å²) < 4.78 is 8.44. The quantitative estimate of drug-likeness (QED) is 0.213. The zero-order valence-corrected chi connectivity index (χ0v) is 36.8. The van der Waals surface area contributed by atoms with Crippen LogP contribution in [0, 0.1) is 67.5 Å². The minimum atomic E-state index is -1.17. The summed E-state index contributed by atoms with van der Waals surface area (Å²) in [6.45, 7) is 21.3. The summed E-state index contributed by atoms with van der Waals surface area (Å²) in [4.78, 5) is 39.4. The number of Topliss-reactive ketones (excluding diaryl/α,β-unsaturated/α-hetero) is 1. The van der Waals surface area contributed by atoms with Crippen molar-refractivity contribution in [1.29, 1.82) is 5.26 Å². The summed E-state index contributed by atoms with van der Waals surface area (Å²) >= 11 is 0. The lowest BCUT2D eigenvalue weighted by atomic mass is 9.33. The Morgan fingerprint density at radius 2 is 1.69 bits per heavy atom. The van der Waals surface area contributed by atoms with Gasteiger partial charge >= 0.3 is 11.9 Å². The highest BCUT2D eigenvalue weighted by atomic mass is 16.5. The van der Waals surface area contributed by atoms with Crippen molar-refractivity contribution in [3.8, 4) is 17.5 Å². The number of carbonyl (C=O) groups is 3. The Kier molecular flexibility index (Phi) is 10.7. The number of hydrogen-bond acceptors (Lipinski definition) is 8. The van der Waals surface area contributed by atoms with Gasteiger partial charge in [0.2, 0.25) is 0 Å². The molecule has 1 aromatic heterocycles. The van der Waals surface area contributed by atoms with Gasteiger partial charge in [0.15, 0.2) is 11.6 Å². The van der Waals surface area contributed by atoms with E-state index in [-0.39, 0.29) is 45.5 Å². The van der Waals surface area contributed by atoms with Gasteiger partial charge in [-0.2, -0.15) is 5.26 Å². The molecule has 0 saturated heterocycles. The first-order valence-corrected chi connectivity index (χ1v) is 22.0. The summed E-state index contributed by atoms with van der Waals surface area (Å²) in [5, 5.41) is 32.0. The summed E-state index contributed by atoms with van der Waals surface area (Å²) in [6.07, 6.45) is 8.92. The van der Waals surface area contributed by atoms with Crippen LogP contribution >= 0.6 is 0 Å². The Hall–Kier alpha value is -3.84. The maximum Gasteiger partial charge on any atom is 0.309 e. The van der Waals surface area contributed by atoms with Crippen molar-refractivity contribution in [3.63, 3.8) is 0 Å². The molecule has 1 aromatic carbocycles. The van der Waals surface area contributed by atoms with E-state index in [2.05, 4.69) is 64.4 Å². The minimum absolute atomic E-state index is 0.0107. The van der Waals surface area contributed by atoms with Crippen molar-refractivity contribution in [1.82, 2.24) is 20.1 Å². The number of ether oxygens (including phenoxy) is 1. The van der Waals surface area contributed by atoms with Crippen LogP contribution in [-0.4, -0.2) is 57.3 Å². The number of allylic oxidation sites excluding steroid dienone is 2. The van der Waals surface area contributed by atoms with Gasteiger partial charge in [0, 0.05) is 42.3 Å². The summed E-state index contributed by atoms with van der Waals surface area (Å²) in [5.41, 5.74) is 2.46. The highest BCUT2D eigenvalue weighted by molar-refractivity contribution is 6.00. The third-order valence-electron chi connectivity index (χ3n) is 17.1. The van der Waals surface area contributed by atoms with Gasteiger partial charge in [-0.1, -0.05) is 54.0 Å². The second-order valence-electron chi connectivity index (χ2n) is 21.2. The minimum Gasteiger partial charge on any atom is -0.481 e. The number of likely N-dealkylation sites (N-methyl/N-ethyl adjacent to an activating group) is 1. The number of aliphatic carboxylic acids is 1. The molecule has 0 radical (unpaired) electrons. The predicted octanol–water partition coefficient (Wildman–Crippen LogP) is 8.97. The number of aromatic nitrogens is 3. The van der Waals surface area contributed by atoms with Gasteiger partial charge in [-0.05, 0) is 142 Å². The topological polar surface area (TPSA) is 147 Å². The van der Waals surface area contributed by atoms with E-state index in [0.717, 1.165) is 80.7 Å². The number of rotatable bonds is 11. The van der Waals surface area contributed by atoms with E-state index >= 15 is 0 Å². The van der Waals surface area contributed by atoms with Crippen molar-refractivity contribution < 1.29 is 24.2 Å². The van der Waals surface area contributed by atoms with E-state index in [1.807, 2.05) is 31.3 Å². The van der Waals surface area contributed by atoms with Crippen LogP contribution < -0.4 is 5.32 Å². The number of esters is 1. The number of ketones is 1. The second-order valence-corrected chi connectivity index (χ2v) is 21.2. The van der Waals surface area contributed by atoms with Gasteiger partial charge in [0.05, 0.1) is 23.5 Å². The van der Waals surface area contributed by atoms with Gasteiger partial charge in [0.25, 0.3) is 0 Å². The number of carboxylic acid groups (broad SMARTS) is 1. The van der Waals surface area contributed by atoms with E-state index in [9.17, 15) is 24.8 Å². The molecule has 0 spiro atoms. The van der Waals surface area contributed by atoms with Gasteiger partial charge in [-0.25, -0.2) is 0 Å². The van der Waals surface area contributed by atoms with E-state index in [4.69, 9.17) is 14.9 Å². The average molecular weight is 794 g/mol. The fraction of sp³-hybridized carbons (Fsp3) is 0.708. The Bertz CT molecular complexity index is 2040. The average Bonchev–Trinajstić information content (AvgIpc) is 3.68. The number of fused-ring (bicyclic) bond motifs is 7. The van der Waals surface area contributed by atoms with Crippen molar-refractivity contribution in [2.75, 3.05) is 13.6 Å². The lowest BCUT2D eigenvalue weighted by Gasteiger charge is -2.72. The molecular formula is C48H67N5O5. The van der Waals surface area contributed by atoms with Crippen LogP contribution in [0.1, 0.15) is 138 Å². The number of nitrogens with one attached hydrogen (secondary N) is 1. The Morgan fingerprint density at radius 3 is 2.33 bits per heavy atom. The lowest BCUT2D eigenvalue weighted by Crippen LogP contribution is -2.65. The normalized spacial score (nSPS) is 34.1. The number of nitrogens with zero attached hydrogens (tertiary/aromatic N) is 4. The molecule has 4 saturated carbocycles. The largest absolute Gasteiger partial charge is 0.481 e. The third-order valence-corrected chi connectivity index (χ3v) is 17.1. The van der Waals surface area contributed by atoms with E-state index < -0.39 is 17.4 Å². The Labute approximate surface area is 346 Å². The number of carbonyl (C=O) groups excluding carboxylic acids is 2. The molecule has 314 valence electrons. The van der Waals surface area contributed by atoms with Crippen LogP contribution in [-0.2, 0) is 32.1 Å². The molecule has 7 rings (SSSR count). The Balaban J connectivity index is 1.20. The van der Waals surface area contributed by atoms with Crippen LogP contribution in [0.25, 0.3) is 11.4 Å². The number of benzene rings is 1. The number of nitriles is 1. The van der Waals surface area contributed by atoms with Crippen LogP contribution in [0.4, 0.5) is 0 Å². The monoisotopic (exact) mass is 794 g/mol. The molecule has 1 heterocycles. The first-order valence-electron chi connectivity index (χ1n) is 22.0. The summed E-state index contributed by atoms with van der Waals surface area (Å²) in [6, 6.07) is 9.77. The molecule has 10 heteroatoms. The Morgan fingerprint density at radius 1 is 0.983 bits per heavy atom. The standard InChI is InChI=1S/C48H67N5O5/c1-29(2)39-33(54)25-48(26-37-51-52-41(53(37)24-23-50-10)31-13-11-30(28-49)12-14-31)22-21-46(8)32(40(39)48)15-16-35-45(7)19-18-36(58-38(55)27-43(3,4)42(56)57)44(5,6)34(45)17-20-47(35,46)9/h11-14,29,32,34-36,50H,15-27H2,1-10H3,(H,56,57)/t32-,34+,35-,36+,45+,46-,47-,48+/m1/s1. The highest BCUT2D eigenvalue weighted by Crippen LogP contribution is 2.77. The lowest BCUT2D eigenvalue weighted by molar-refractivity contribution is -0.233. The molecule has 10 nitrogen and oxygen atoms in total. The molecule has 2 N–H and O–H groups in total. The summed E-state index contributed by atoms with van der Waals surface area (Å²) in [5.74, 6) is 1.93. The fourth-order valence-electron chi connectivity index (χ4n) is 13.9. The zero-order valence-electron chi connectivity index (χ0n) is 36.8. The van der Waals surface area contributed by atoms with Crippen LogP contribution in [0.2, 0.25) is 0 Å². The van der Waals surface area contributed by atoms with Crippen molar-refractivity contribution in [2.24, 2.45) is 56.2 Å². The van der Waals surface area contributed by atoms with Gasteiger partial charge < -0.3 is 19.7 Å². The molecule has 0 aliphatic heterocycles. The van der Waals surface area contributed by atoms with Gasteiger partial charge in [-0.15, -0.1) is 10.2 Å². The first kappa shape index (κ1) is 42.3.